The van der Waals surface area contributed by atoms with Gasteiger partial charge < -0.3 is 9.84 Å². The predicted octanol–water partition coefficient (Wildman–Crippen LogP) is 2.76. The summed E-state index contributed by atoms with van der Waals surface area (Å²) in [6.07, 6.45) is -0.413. The third kappa shape index (κ3) is 2.26. The number of ether oxygens (including phenoxy) is 1. The van der Waals surface area contributed by atoms with Crippen molar-refractivity contribution in [2.45, 2.75) is 33.8 Å². The maximum absolute atomic E-state index is 9.51. The fourth-order valence-electron chi connectivity index (χ4n) is 1.57. The molecule has 0 heterocycles. The van der Waals surface area contributed by atoms with Crippen LogP contribution in [0.25, 0.3) is 0 Å². The summed E-state index contributed by atoms with van der Waals surface area (Å²) in [5, 5.41) is 9.51. The van der Waals surface area contributed by atoms with Gasteiger partial charge in [-0.3, -0.25) is 0 Å². The van der Waals surface area contributed by atoms with E-state index in [1.165, 1.54) is 0 Å². The Morgan fingerprint density at radius 2 is 1.93 bits per heavy atom. The maximum atomic E-state index is 9.51. The van der Waals surface area contributed by atoms with Gasteiger partial charge in [0.15, 0.2) is 0 Å². The molecule has 0 aromatic heterocycles. The van der Waals surface area contributed by atoms with E-state index in [2.05, 4.69) is 0 Å². The quantitative estimate of drug-likeness (QED) is 0.801. The minimum Gasteiger partial charge on any atom is -0.494 e. The number of aryl methyl sites for hydroxylation is 2. The largest absolute Gasteiger partial charge is 0.494 e. The second-order valence-corrected chi connectivity index (χ2v) is 3.58. The third-order valence-electron chi connectivity index (χ3n) is 2.31. The Labute approximate surface area is 85.5 Å². The molecule has 14 heavy (non-hydrogen) atoms. The molecule has 2 heteroatoms. The number of aliphatic hydroxyl groups excluding tert-OH is 1. The predicted molar refractivity (Wildman–Crippen MR) is 57.7 cm³/mol. The van der Waals surface area contributed by atoms with Gasteiger partial charge >= 0.3 is 0 Å². The normalized spacial score (nSPS) is 12.6. The summed E-state index contributed by atoms with van der Waals surface area (Å²) in [5.41, 5.74) is 3.13. The first-order valence-electron chi connectivity index (χ1n) is 4.98. The number of hydrogen-bond acceptors (Lipinski definition) is 2. The van der Waals surface area contributed by atoms with Crippen molar-refractivity contribution in [3.05, 3.63) is 28.8 Å². The lowest BCUT2D eigenvalue weighted by Crippen LogP contribution is -2.00. The molecule has 1 unspecified atom stereocenters. The topological polar surface area (TPSA) is 29.5 Å². The molecule has 0 saturated carbocycles. The van der Waals surface area contributed by atoms with Crippen LogP contribution in [0, 0.1) is 13.8 Å². The first-order chi connectivity index (χ1) is 6.56. The average Bonchev–Trinajstić information content (AvgIpc) is 2.10. The van der Waals surface area contributed by atoms with Gasteiger partial charge in [0, 0.05) is 0 Å². The Bertz CT molecular complexity index is 316. The van der Waals surface area contributed by atoms with Gasteiger partial charge in [0.25, 0.3) is 0 Å². The number of hydrogen-bond donors (Lipinski definition) is 1. The van der Waals surface area contributed by atoms with Gasteiger partial charge in [0.05, 0.1) is 12.7 Å². The van der Waals surface area contributed by atoms with Crippen LogP contribution in [0.1, 0.15) is 36.6 Å². The van der Waals surface area contributed by atoms with E-state index in [9.17, 15) is 5.11 Å². The van der Waals surface area contributed by atoms with Crippen LogP contribution < -0.4 is 4.74 Å². The fraction of sp³-hybridized carbons (Fsp3) is 0.500. The van der Waals surface area contributed by atoms with Crippen molar-refractivity contribution >= 4 is 0 Å². The van der Waals surface area contributed by atoms with Gasteiger partial charge in [-0.1, -0.05) is 0 Å². The van der Waals surface area contributed by atoms with E-state index in [4.69, 9.17) is 4.74 Å². The number of aliphatic hydroxyl groups is 1. The SMILES string of the molecule is CCOc1cc(C)c(C(C)O)cc1C. The van der Waals surface area contributed by atoms with Gasteiger partial charge in [-0.05, 0) is 56.5 Å². The average molecular weight is 194 g/mol. The minimum absolute atomic E-state index is 0.413. The lowest BCUT2D eigenvalue weighted by Gasteiger charge is -2.14. The molecule has 0 spiro atoms. The molecule has 1 aromatic carbocycles. The number of rotatable bonds is 3. The summed E-state index contributed by atoms with van der Waals surface area (Å²) in [4.78, 5) is 0. The van der Waals surface area contributed by atoms with Crippen LogP contribution in [-0.4, -0.2) is 11.7 Å². The summed E-state index contributed by atoms with van der Waals surface area (Å²) in [7, 11) is 0. The molecule has 1 atom stereocenters. The molecule has 1 N–H and O–H groups in total. The van der Waals surface area contributed by atoms with E-state index in [0.29, 0.717) is 6.61 Å². The molecular formula is C12H18O2. The summed E-state index contributed by atoms with van der Waals surface area (Å²) in [6.45, 7) is 8.41. The van der Waals surface area contributed by atoms with Crippen LogP contribution in [0.3, 0.4) is 0 Å². The molecule has 0 aliphatic heterocycles. The van der Waals surface area contributed by atoms with E-state index in [-0.39, 0.29) is 0 Å². The smallest absolute Gasteiger partial charge is 0.122 e. The van der Waals surface area contributed by atoms with Crippen LogP contribution in [0.5, 0.6) is 5.75 Å². The molecule has 0 aliphatic rings. The standard InChI is InChI=1S/C12H18O2/c1-5-14-12-7-8(2)11(10(4)13)6-9(12)3/h6-7,10,13H,5H2,1-4H3. The Morgan fingerprint density at radius 1 is 1.29 bits per heavy atom. The van der Waals surface area contributed by atoms with Crippen LogP contribution in [-0.2, 0) is 0 Å². The molecule has 0 bridgehead atoms. The van der Waals surface area contributed by atoms with Gasteiger partial charge in [-0.15, -0.1) is 0 Å². The summed E-state index contributed by atoms with van der Waals surface area (Å²) in [6, 6.07) is 3.98. The lowest BCUT2D eigenvalue weighted by molar-refractivity contribution is 0.198. The molecule has 0 aliphatic carbocycles. The molecule has 1 rings (SSSR count). The van der Waals surface area contributed by atoms with Crippen LogP contribution in [0.2, 0.25) is 0 Å². The van der Waals surface area contributed by atoms with Crippen molar-refractivity contribution in [3.63, 3.8) is 0 Å². The first kappa shape index (κ1) is 11.1. The maximum Gasteiger partial charge on any atom is 0.122 e. The molecule has 0 fully saturated rings. The lowest BCUT2D eigenvalue weighted by atomic mass is 10.0. The Hall–Kier alpha value is -1.02. The zero-order valence-corrected chi connectivity index (χ0v) is 9.29. The zero-order chi connectivity index (χ0) is 10.7. The van der Waals surface area contributed by atoms with E-state index >= 15 is 0 Å². The van der Waals surface area contributed by atoms with Crippen molar-refractivity contribution in [3.8, 4) is 5.75 Å². The van der Waals surface area contributed by atoms with Gasteiger partial charge in [-0.2, -0.15) is 0 Å². The monoisotopic (exact) mass is 194 g/mol. The second kappa shape index (κ2) is 4.47. The van der Waals surface area contributed by atoms with Crippen LogP contribution in [0.4, 0.5) is 0 Å². The zero-order valence-electron chi connectivity index (χ0n) is 9.29. The Morgan fingerprint density at radius 3 is 2.43 bits per heavy atom. The summed E-state index contributed by atoms with van der Waals surface area (Å²) in [5.74, 6) is 0.911. The Balaban J connectivity index is 3.10. The molecule has 0 radical (unpaired) electrons. The molecule has 78 valence electrons. The highest BCUT2D eigenvalue weighted by Crippen LogP contribution is 2.26. The van der Waals surface area contributed by atoms with Gasteiger partial charge in [-0.25, -0.2) is 0 Å². The van der Waals surface area contributed by atoms with Crippen molar-refractivity contribution in [1.29, 1.82) is 0 Å². The summed E-state index contributed by atoms with van der Waals surface area (Å²) < 4.78 is 5.47. The van der Waals surface area contributed by atoms with E-state index in [1.54, 1.807) is 6.92 Å². The van der Waals surface area contributed by atoms with Crippen molar-refractivity contribution < 1.29 is 9.84 Å². The van der Waals surface area contributed by atoms with E-state index in [1.807, 2.05) is 32.9 Å². The first-order valence-corrected chi connectivity index (χ1v) is 4.98. The fourth-order valence-corrected chi connectivity index (χ4v) is 1.57. The van der Waals surface area contributed by atoms with Crippen molar-refractivity contribution in [2.24, 2.45) is 0 Å². The minimum atomic E-state index is -0.413. The second-order valence-electron chi connectivity index (χ2n) is 3.58. The van der Waals surface area contributed by atoms with Gasteiger partial charge in [0.2, 0.25) is 0 Å². The summed E-state index contributed by atoms with van der Waals surface area (Å²) >= 11 is 0. The Kier molecular flexibility index (Phi) is 3.53. The van der Waals surface area contributed by atoms with Crippen LogP contribution in [0.15, 0.2) is 12.1 Å². The highest BCUT2D eigenvalue weighted by Gasteiger charge is 2.08. The van der Waals surface area contributed by atoms with E-state index < -0.39 is 6.10 Å². The number of benzene rings is 1. The molecule has 2 nitrogen and oxygen atoms in total. The van der Waals surface area contributed by atoms with Crippen LogP contribution >= 0.6 is 0 Å². The van der Waals surface area contributed by atoms with Crippen molar-refractivity contribution in [2.75, 3.05) is 6.61 Å². The molecular weight excluding hydrogens is 176 g/mol. The molecule has 0 amide bonds. The highest BCUT2D eigenvalue weighted by molar-refractivity contribution is 5.42. The van der Waals surface area contributed by atoms with E-state index in [0.717, 1.165) is 22.4 Å². The van der Waals surface area contributed by atoms with Gasteiger partial charge in [0.1, 0.15) is 5.75 Å². The molecule has 1 aromatic rings. The van der Waals surface area contributed by atoms with Crippen molar-refractivity contribution in [1.82, 2.24) is 0 Å². The molecule has 0 saturated heterocycles. The highest BCUT2D eigenvalue weighted by atomic mass is 16.5. The third-order valence-corrected chi connectivity index (χ3v) is 2.31.